The number of carbonyl (C=O) groups excluding carboxylic acids is 1. The molecule has 2 fully saturated rings. The summed E-state index contributed by atoms with van der Waals surface area (Å²) in [4.78, 5) is 11.9. The maximum absolute atomic E-state index is 11.9. The smallest absolute Gasteiger partial charge is 0.217 e. The number of nitrogens with one attached hydrogen (secondary N) is 1. The fraction of sp³-hybridized carbons (Fsp3) is 0.941. The van der Waals surface area contributed by atoms with Gasteiger partial charge in [-0.05, 0) is 12.8 Å². The van der Waals surface area contributed by atoms with Gasteiger partial charge in [0.05, 0.1) is 32.0 Å². The van der Waals surface area contributed by atoms with E-state index in [1.165, 1.54) is 187 Å². The molecule has 14 heteroatoms. The summed E-state index contributed by atoms with van der Waals surface area (Å²) < 4.78 is 22.3. The second kappa shape index (κ2) is 38.6. The highest BCUT2D eigenvalue weighted by Gasteiger charge is 2.51. The molecule has 14 nitrogen and oxygen atoms in total. The summed E-state index contributed by atoms with van der Waals surface area (Å²) in [6.07, 6.45) is 28.3. The minimum Gasteiger partial charge on any atom is -0.394 e. The number of amides is 1. The maximum atomic E-state index is 11.9. The van der Waals surface area contributed by atoms with Crippen molar-refractivity contribution < 1.29 is 64.6 Å². The molecule has 2 aliphatic heterocycles. The first-order valence-corrected chi connectivity index (χ1v) is 26.4. The third-order valence-corrected chi connectivity index (χ3v) is 13.3. The predicted octanol–water partition coefficient (Wildman–Crippen LogP) is 7.16. The summed E-state index contributed by atoms with van der Waals surface area (Å²) in [5, 5.41) is 85.1. The normalized spacial score (nSPS) is 27.0. The van der Waals surface area contributed by atoms with Gasteiger partial charge in [-0.25, -0.2) is 0 Å². The van der Waals surface area contributed by atoms with E-state index in [0.29, 0.717) is 0 Å². The number of aliphatic hydroxyl groups is 8. The predicted molar refractivity (Wildman–Crippen MR) is 254 cm³/mol. The van der Waals surface area contributed by atoms with E-state index in [-0.39, 0.29) is 6.61 Å². The van der Waals surface area contributed by atoms with Crippen LogP contribution < -0.4 is 5.32 Å². The van der Waals surface area contributed by atoms with E-state index in [9.17, 15) is 45.6 Å². The van der Waals surface area contributed by atoms with E-state index in [0.717, 1.165) is 19.3 Å². The van der Waals surface area contributed by atoms with Crippen LogP contribution in [-0.2, 0) is 23.7 Å². The Balaban J connectivity index is 1.45. The molecule has 9 N–H and O–H groups in total. The molecule has 2 rings (SSSR count). The Bertz CT molecular complexity index is 1150. The molecule has 65 heavy (non-hydrogen) atoms. The number of carbonyl (C=O) groups is 1. The molecule has 12 unspecified atom stereocenters. The van der Waals surface area contributed by atoms with E-state index >= 15 is 0 Å². The number of rotatable bonds is 41. The van der Waals surface area contributed by atoms with Crippen molar-refractivity contribution >= 4 is 5.91 Å². The third kappa shape index (κ3) is 26.3. The van der Waals surface area contributed by atoms with Crippen LogP contribution in [0.1, 0.15) is 213 Å². The monoisotopic (exact) mass is 932 g/mol. The summed E-state index contributed by atoms with van der Waals surface area (Å²) in [7, 11) is 0. The second-order valence-electron chi connectivity index (χ2n) is 19.1. The number of aliphatic hydroxyl groups excluding tert-OH is 8. The van der Waals surface area contributed by atoms with E-state index in [1.807, 2.05) is 6.08 Å². The molecule has 0 aromatic rings. The van der Waals surface area contributed by atoms with Gasteiger partial charge in [0.2, 0.25) is 5.91 Å². The summed E-state index contributed by atoms with van der Waals surface area (Å²) in [6, 6.07) is -0.911. The van der Waals surface area contributed by atoms with E-state index in [2.05, 4.69) is 12.2 Å². The first-order chi connectivity index (χ1) is 31.5. The minimum absolute atomic E-state index is 0.310. The van der Waals surface area contributed by atoms with Crippen LogP contribution in [0.25, 0.3) is 0 Å². The summed E-state index contributed by atoms with van der Waals surface area (Å²) in [5.74, 6) is -0.413. The first kappa shape index (κ1) is 59.9. The van der Waals surface area contributed by atoms with Crippen molar-refractivity contribution in [3.05, 3.63) is 12.2 Å². The summed E-state index contributed by atoms with van der Waals surface area (Å²) in [5.41, 5.74) is 0. The molecule has 2 saturated heterocycles. The molecule has 0 saturated carbocycles. The fourth-order valence-corrected chi connectivity index (χ4v) is 9.03. The van der Waals surface area contributed by atoms with Gasteiger partial charge in [0.1, 0.15) is 48.8 Å². The molecule has 2 aliphatic rings. The zero-order valence-corrected chi connectivity index (χ0v) is 40.7. The van der Waals surface area contributed by atoms with Gasteiger partial charge < -0.3 is 65.1 Å². The van der Waals surface area contributed by atoms with Crippen molar-refractivity contribution in [1.29, 1.82) is 0 Å². The Hall–Kier alpha value is -1.27. The highest BCUT2D eigenvalue weighted by atomic mass is 16.7. The highest BCUT2D eigenvalue weighted by Crippen LogP contribution is 2.30. The van der Waals surface area contributed by atoms with Crippen molar-refractivity contribution in [3.63, 3.8) is 0 Å². The summed E-state index contributed by atoms with van der Waals surface area (Å²) >= 11 is 0. The quantitative estimate of drug-likeness (QED) is 0.0219. The molecule has 0 aromatic carbocycles. The zero-order chi connectivity index (χ0) is 47.5. The van der Waals surface area contributed by atoms with Gasteiger partial charge >= 0.3 is 0 Å². The van der Waals surface area contributed by atoms with Crippen LogP contribution in [0.5, 0.6) is 0 Å². The number of hydrogen-bond acceptors (Lipinski definition) is 13. The molecule has 0 aromatic heterocycles. The molecule has 384 valence electrons. The average molecular weight is 932 g/mol. The van der Waals surface area contributed by atoms with E-state index < -0.39 is 92.7 Å². The van der Waals surface area contributed by atoms with Crippen LogP contribution in [0.3, 0.4) is 0 Å². The Morgan fingerprint density at radius 3 is 1.32 bits per heavy atom. The van der Waals surface area contributed by atoms with Crippen LogP contribution in [-0.4, -0.2) is 140 Å². The number of ether oxygens (including phenoxy) is 4. The van der Waals surface area contributed by atoms with Crippen molar-refractivity contribution in [1.82, 2.24) is 5.32 Å². The molecule has 2 heterocycles. The lowest BCUT2D eigenvalue weighted by Crippen LogP contribution is -2.65. The standard InChI is InChI=1S/C51H97NO13/c1-3-4-5-6-7-8-9-10-11-12-13-14-15-16-17-18-19-20-21-22-23-24-25-26-27-28-29-30-31-32-33-34-35-41(56)40(52-39(2)55)38-62-50-48(61)46(59)49(43(37-54)64-50)65-51-47(60)45(58)44(57)42(36-53)63-51/h34-35,40-51,53-54,56-61H,3-33,36-38H2,1-2H3,(H,52,55)/b35-34+. The van der Waals surface area contributed by atoms with Crippen LogP contribution in [0.2, 0.25) is 0 Å². The number of allylic oxidation sites excluding steroid dienone is 1. The minimum atomic E-state index is -1.78. The first-order valence-electron chi connectivity index (χ1n) is 26.4. The van der Waals surface area contributed by atoms with Gasteiger partial charge in [-0.3, -0.25) is 4.79 Å². The molecule has 0 radical (unpaired) electrons. The Labute approximate surface area is 393 Å². The number of unbranched alkanes of at least 4 members (excludes halogenated alkanes) is 30. The van der Waals surface area contributed by atoms with Gasteiger partial charge in [0.15, 0.2) is 12.6 Å². The molecular weight excluding hydrogens is 835 g/mol. The van der Waals surface area contributed by atoms with Gasteiger partial charge in [-0.2, -0.15) is 0 Å². The maximum Gasteiger partial charge on any atom is 0.217 e. The number of hydrogen-bond donors (Lipinski definition) is 9. The zero-order valence-electron chi connectivity index (χ0n) is 40.7. The molecule has 1 amide bonds. The van der Waals surface area contributed by atoms with Crippen LogP contribution in [0, 0.1) is 0 Å². The third-order valence-electron chi connectivity index (χ3n) is 13.3. The van der Waals surface area contributed by atoms with Crippen molar-refractivity contribution in [2.24, 2.45) is 0 Å². The van der Waals surface area contributed by atoms with Gasteiger partial charge in [0.25, 0.3) is 0 Å². The Kier molecular flexibility index (Phi) is 35.5. The SMILES string of the molecule is CCCCCCCCCCCCCCCCCCCCCCCCCCCCCCCC/C=C/C(O)C(COC1OC(CO)C(OC2OC(CO)C(O)C(O)C2O)C(O)C1O)NC(C)=O. The average Bonchev–Trinajstić information content (AvgIpc) is 3.29. The fourth-order valence-electron chi connectivity index (χ4n) is 9.03. The topological polar surface area (TPSA) is 228 Å². The lowest BCUT2D eigenvalue weighted by Gasteiger charge is -2.46. The lowest BCUT2D eigenvalue weighted by molar-refractivity contribution is -0.359. The van der Waals surface area contributed by atoms with E-state index in [4.69, 9.17) is 18.9 Å². The lowest BCUT2D eigenvalue weighted by atomic mass is 9.97. The van der Waals surface area contributed by atoms with Crippen molar-refractivity contribution in [2.45, 2.75) is 286 Å². The molecule has 0 spiro atoms. The Morgan fingerprint density at radius 2 is 0.923 bits per heavy atom. The van der Waals surface area contributed by atoms with Crippen LogP contribution in [0.4, 0.5) is 0 Å². The van der Waals surface area contributed by atoms with Gasteiger partial charge in [0, 0.05) is 6.92 Å². The Morgan fingerprint density at radius 1 is 0.538 bits per heavy atom. The van der Waals surface area contributed by atoms with Crippen LogP contribution in [0.15, 0.2) is 12.2 Å². The van der Waals surface area contributed by atoms with Crippen molar-refractivity contribution in [3.8, 4) is 0 Å². The van der Waals surface area contributed by atoms with Crippen molar-refractivity contribution in [2.75, 3.05) is 19.8 Å². The molecule has 12 atom stereocenters. The van der Waals surface area contributed by atoms with E-state index in [1.54, 1.807) is 6.08 Å². The highest BCUT2D eigenvalue weighted by molar-refractivity contribution is 5.73. The van der Waals surface area contributed by atoms with Crippen LogP contribution >= 0.6 is 0 Å². The largest absolute Gasteiger partial charge is 0.394 e. The molecular formula is C51H97NO13. The molecule has 0 aliphatic carbocycles. The van der Waals surface area contributed by atoms with Gasteiger partial charge in [-0.15, -0.1) is 0 Å². The second-order valence-corrected chi connectivity index (χ2v) is 19.1. The summed E-state index contributed by atoms with van der Waals surface area (Å²) in [6.45, 7) is 1.86. The molecule has 0 bridgehead atoms. The van der Waals surface area contributed by atoms with Gasteiger partial charge in [-0.1, -0.05) is 205 Å².